The van der Waals surface area contributed by atoms with Gasteiger partial charge in [0.1, 0.15) is 6.61 Å². The topological polar surface area (TPSA) is 125 Å². The fourth-order valence-electron chi connectivity index (χ4n) is 1.28. The van der Waals surface area contributed by atoms with Crippen LogP contribution in [-0.4, -0.2) is 60.2 Å². The zero-order valence-electron chi connectivity index (χ0n) is 12.3. The Labute approximate surface area is 128 Å². The van der Waals surface area contributed by atoms with Gasteiger partial charge in [-0.2, -0.15) is 0 Å². The molecular weight excluding hydrogens is 294 g/mol. The lowest BCUT2D eigenvalue weighted by atomic mass is 10.3. The lowest BCUT2D eigenvalue weighted by molar-refractivity contribution is -0.159. The number of benzene rings is 1. The van der Waals surface area contributed by atoms with Crippen LogP contribution in [0.2, 0.25) is 0 Å². The third-order valence-electron chi connectivity index (χ3n) is 2.16. The molecule has 1 aromatic carbocycles. The summed E-state index contributed by atoms with van der Waals surface area (Å²) < 4.78 is 11.0. The Balaban J connectivity index is 0.000000626. The quantitative estimate of drug-likeness (QED) is 0.396. The van der Waals surface area contributed by atoms with Crippen LogP contribution in [0.25, 0.3) is 0 Å². The zero-order valence-corrected chi connectivity index (χ0v) is 12.3. The maximum Gasteiger partial charge on any atom is 0.414 e. The molecule has 1 rings (SSSR count). The molecule has 0 saturated carbocycles. The van der Waals surface area contributed by atoms with Crippen LogP contribution in [0.4, 0.5) is 0 Å². The van der Waals surface area contributed by atoms with E-state index in [1.54, 1.807) is 0 Å². The van der Waals surface area contributed by atoms with Gasteiger partial charge in [0.2, 0.25) is 0 Å². The summed E-state index contributed by atoms with van der Waals surface area (Å²) in [6, 6.07) is 7.61. The number of aliphatic hydroxyl groups excluding tert-OH is 1. The van der Waals surface area contributed by atoms with Crippen molar-refractivity contribution >= 4 is 11.9 Å². The monoisotopic (exact) mass is 315 g/mol. The Morgan fingerprint density at radius 1 is 1.05 bits per heavy atom. The smallest absolute Gasteiger partial charge is 0.414 e. The van der Waals surface area contributed by atoms with Crippen molar-refractivity contribution in [3.63, 3.8) is 0 Å². The molecule has 0 aliphatic carbocycles. The van der Waals surface area contributed by atoms with Gasteiger partial charge in [-0.25, -0.2) is 9.59 Å². The lowest BCUT2D eigenvalue weighted by Gasteiger charge is -2.11. The van der Waals surface area contributed by atoms with E-state index in [9.17, 15) is 0 Å². The first-order valence-electron chi connectivity index (χ1n) is 6.65. The van der Waals surface area contributed by atoms with Crippen molar-refractivity contribution in [1.82, 2.24) is 5.32 Å². The molecular formula is C14H21NO7. The van der Waals surface area contributed by atoms with E-state index in [-0.39, 0.29) is 6.61 Å². The number of para-hydroxylation sites is 2. The molecule has 8 nitrogen and oxygen atoms in total. The molecule has 0 fully saturated rings. The number of hydrogen-bond acceptors (Lipinski definition) is 6. The summed E-state index contributed by atoms with van der Waals surface area (Å²) in [6.07, 6.45) is 0. The first-order valence-corrected chi connectivity index (χ1v) is 6.65. The van der Waals surface area contributed by atoms with E-state index >= 15 is 0 Å². The first-order chi connectivity index (χ1) is 10.5. The van der Waals surface area contributed by atoms with Crippen molar-refractivity contribution in [3.8, 4) is 11.5 Å². The van der Waals surface area contributed by atoms with Gasteiger partial charge >= 0.3 is 11.9 Å². The summed E-state index contributed by atoms with van der Waals surface area (Å²) in [5.41, 5.74) is 0. The summed E-state index contributed by atoms with van der Waals surface area (Å²) in [7, 11) is 0. The predicted octanol–water partition coefficient (Wildman–Crippen LogP) is 0.202. The van der Waals surface area contributed by atoms with E-state index in [0.717, 1.165) is 11.5 Å². The van der Waals surface area contributed by atoms with E-state index in [0.29, 0.717) is 26.3 Å². The molecule has 0 radical (unpaired) electrons. The number of rotatable bonds is 8. The zero-order chi connectivity index (χ0) is 16.8. The molecule has 0 aromatic heterocycles. The van der Waals surface area contributed by atoms with Gasteiger partial charge in [-0.15, -0.1) is 0 Å². The lowest BCUT2D eigenvalue weighted by Crippen LogP contribution is -2.24. The maximum absolute atomic E-state index is 9.10. The van der Waals surface area contributed by atoms with Gasteiger partial charge in [0.25, 0.3) is 0 Å². The average molecular weight is 315 g/mol. The normalized spacial score (nSPS) is 9.36. The molecule has 0 bridgehead atoms. The molecule has 1 aromatic rings. The molecule has 0 heterocycles. The van der Waals surface area contributed by atoms with Gasteiger partial charge < -0.3 is 30.1 Å². The Hall–Kier alpha value is -2.32. The first kappa shape index (κ1) is 19.7. The summed E-state index contributed by atoms with van der Waals surface area (Å²) in [5.74, 6) is -2.12. The van der Waals surface area contributed by atoms with Crippen LogP contribution in [0.3, 0.4) is 0 Å². The minimum atomic E-state index is -1.82. The number of aliphatic hydroxyl groups is 1. The van der Waals surface area contributed by atoms with E-state index in [4.69, 9.17) is 34.4 Å². The van der Waals surface area contributed by atoms with Crippen molar-refractivity contribution < 1.29 is 34.4 Å². The van der Waals surface area contributed by atoms with Gasteiger partial charge in [-0.3, -0.25) is 0 Å². The third kappa shape index (κ3) is 9.56. The van der Waals surface area contributed by atoms with Crippen molar-refractivity contribution in [2.45, 2.75) is 6.92 Å². The van der Waals surface area contributed by atoms with Crippen molar-refractivity contribution in [1.29, 1.82) is 0 Å². The summed E-state index contributed by atoms with van der Waals surface area (Å²) in [5, 5.41) is 26.4. The standard InChI is InChI=1S/C12H19NO3.C2H2O4/c1-2-15-11-5-3-4-6-12(11)16-10-8-13-7-9-14;3-1(4)2(5)6/h3-6,13-14H,2,7-10H2,1H3;(H,3,4)(H,5,6). The molecule has 0 aliphatic heterocycles. The molecule has 22 heavy (non-hydrogen) atoms. The largest absolute Gasteiger partial charge is 0.490 e. The van der Waals surface area contributed by atoms with Gasteiger partial charge in [-0.05, 0) is 19.1 Å². The highest BCUT2D eigenvalue weighted by molar-refractivity contribution is 6.27. The van der Waals surface area contributed by atoms with Gasteiger partial charge in [-0.1, -0.05) is 12.1 Å². The third-order valence-corrected chi connectivity index (χ3v) is 2.16. The average Bonchev–Trinajstić information content (AvgIpc) is 2.49. The van der Waals surface area contributed by atoms with Crippen molar-refractivity contribution in [3.05, 3.63) is 24.3 Å². The van der Waals surface area contributed by atoms with E-state index < -0.39 is 11.9 Å². The van der Waals surface area contributed by atoms with Crippen LogP contribution in [-0.2, 0) is 9.59 Å². The second kappa shape index (κ2) is 12.4. The minimum absolute atomic E-state index is 0.148. The predicted molar refractivity (Wildman–Crippen MR) is 78.3 cm³/mol. The number of carbonyl (C=O) groups is 2. The van der Waals surface area contributed by atoms with Crippen molar-refractivity contribution in [2.75, 3.05) is 32.9 Å². The Morgan fingerprint density at radius 2 is 1.59 bits per heavy atom. The summed E-state index contributed by atoms with van der Waals surface area (Å²) >= 11 is 0. The van der Waals surface area contributed by atoms with Crippen molar-refractivity contribution in [2.24, 2.45) is 0 Å². The van der Waals surface area contributed by atoms with Gasteiger partial charge in [0.05, 0.1) is 13.2 Å². The number of aliphatic carboxylic acids is 2. The van der Waals surface area contributed by atoms with Crippen LogP contribution in [0.1, 0.15) is 6.92 Å². The van der Waals surface area contributed by atoms with Crippen LogP contribution < -0.4 is 14.8 Å². The van der Waals surface area contributed by atoms with Crippen LogP contribution >= 0.6 is 0 Å². The van der Waals surface area contributed by atoms with E-state index in [1.165, 1.54) is 0 Å². The highest BCUT2D eigenvalue weighted by Gasteiger charge is 2.04. The minimum Gasteiger partial charge on any atom is -0.490 e. The molecule has 0 atom stereocenters. The number of ether oxygens (including phenoxy) is 2. The van der Waals surface area contributed by atoms with Gasteiger partial charge in [0, 0.05) is 13.1 Å². The SMILES string of the molecule is CCOc1ccccc1OCCNCCO.O=C(O)C(=O)O. The summed E-state index contributed by atoms with van der Waals surface area (Å²) in [4.78, 5) is 18.2. The molecule has 0 spiro atoms. The maximum atomic E-state index is 9.10. The molecule has 0 amide bonds. The Morgan fingerprint density at radius 3 is 2.05 bits per heavy atom. The second-order valence-corrected chi connectivity index (χ2v) is 3.81. The fourth-order valence-corrected chi connectivity index (χ4v) is 1.28. The van der Waals surface area contributed by atoms with Crippen LogP contribution in [0.15, 0.2) is 24.3 Å². The molecule has 0 saturated heterocycles. The van der Waals surface area contributed by atoms with E-state index in [2.05, 4.69) is 5.32 Å². The Bertz CT molecular complexity index is 439. The Kier molecular flexibility index (Phi) is 11.1. The molecule has 8 heteroatoms. The molecule has 0 aliphatic rings. The highest BCUT2D eigenvalue weighted by Crippen LogP contribution is 2.25. The van der Waals surface area contributed by atoms with Crippen LogP contribution in [0, 0.1) is 0 Å². The number of carboxylic acid groups (broad SMARTS) is 2. The highest BCUT2D eigenvalue weighted by atomic mass is 16.5. The fraction of sp³-hybridized carbons (Fsp3) is 0.429. The number of hydrogen-bond donors (Lipinski definition) is 4. The summed E-state index contributed by atoms with van der Waals surface area (Å²) in [6.45, 7) is 4.58. The van der Waals surface area contributed by atoms with Gasteiger partial charge in [0.15, 0.2) is 11.5 Å². The second-order valence-electron chi connectivity index (χ2n) is 3.81. The number of nitrogens with one attached hydrogen (secondary N) is 1. The molecule has 4 N–H and O–H groups in total. The van der Waals surface area contributed by atoms with E-state index in [1.807, 2.05) is 31.2 Å². The number of carboxylic acids is 2. The van der Waals surface area contributed by atoms with Crippen LogP contribution in [0.5, 0.6) is 11.5 Å². The molecule has 0 unspecified atom stereocenters. The molecule has 124 valence electrons.